The third-order valence-electron chi connectivity index (χ3n) is 6.71. The van der Waals surface area contributed by atoms with Gasteiger partial charge < -0.3 is 14.2 Å². The molecule has 0 radical (unpaired) electrons. The molecule has 7 nitrogen and oxygen atoms in total. The first-order valence-corrected chi connectivity index (χ1v) is 17.4. The summed E-state index contributed by atoms with van der Waals surface area (Å²) in [6, 6.07) is 18.5. The Kier molecular flexibility index (Phi) is 10.5. The van der Waals surface area contributed by atoms with Crippen LogP contribution in [0.25, 0.3) is 6.08 Å². The first-order chi connectivity index (χ1) is 21.1. The summed E-state index contributed by atoms with van der Waals surface area (Å²) in [5.41, 5.74) is 2.97. The number of thiazole rings is 1. The third kappa shape index (κ3) is 7.05. The molecule has 0 saturated carbocycles. The Balaban J connectivity index is 1.67. The summed E-state index contributed by atoms with van der Waals surface area (Å²) in [6.45, 7) is 7.95. The van der Waals surface area contributed by atoms with E-state index in [2.05, 4.69) is 54.5 Å². The van der Waals surface area contributed by atoms with Crippen LogP contribution in [-0.2, 0) is 16.1 Å². The van der Waals surface area contributed by atoms with E-state index in [1.807, 2.05) is 80.6 Å². The number of carbonyl (C=O) groups excluding carboxylic acids is 1. The fourth-order valence-electron chi connectivity index (χ4n) is 4.87. The highest BCUT2D eigenvalue weighted by molar-refractivity contribution is 14.1. The molecule has 2 heterocycles. The summed E-state index contributed by atoms with van der Waals surface area (Å²) in [5.74, 6) is 0.736. The number of aromatic nitrogens is 1. The van der Waals surface area contributed by atoms with Gasteiger partial charge in [0.15, 0.2) is 4.80 Å². The van der Waals surface area contributed by atoms with Crippen molar-refractivity contribution in [3.8, 4) is 11.5 Å². The smallest absolute Gasteiger partial charge is 0.338 e. The molecule has 0 fully saturated rings. The number of benzene rings is 3. The molecule has 0 bridgehead atoms. The molecule has 11 heteroatoms. The first-order valence-electron chi connectivity index (χ1n) is 13.9. The van der Waals surface area contributed by atoms with Crippen molar-refractivity contribution in [2.45, 2.75) is 46.4 Å². The van der Waals surface area contributed by atoms with Crippen molar-refractivity contribution < 1.29 is 19.0 Å². The van der Waals surface area contributed by atoms with Gasteiger partial charge in [-0.2, -0.15) is 0 Å². The minimum absolute atomic E-state index is 0.113. The second kappa shape index (κ2) is 14.1. The van der Waals surface area contributed by atoms with Crippen LogP contribution in [0, 0.1) is 3.57 Å². The van der Waals surface area contributed by atoms with Gasteiger partial charge in [-0.3, -0.25) is 9.36 Å². The lowest BCUT2D eigenvalue weighted by atomic mass is 9.95. The quantitative estimate of drug-likeness (QED) is 0.131. The van der Waals surface area contributed by atoms with E-state index in [1.54, 1.807) is 18.4 Å². The van der Waals surface area contributed by atoms with Crippen LogP contribution < -0.4 is 24.4 Å². The number of carbonyl (C=O) groups is 1. The highest BCUT2D eigenvalue weighted by atomic mass is 127. The lowest BCUT2D eigenvalue weighted by molar-refractivity contribution is -0.139. The van der Waals surface area contributed by atoms with Crippen molar-refractivity contribution in [1.82, 2.24) is 4.57 Å². The van der Waals surface area contributed by atoms with E-state index in [9.17, 15) is 9.59 Å². The number of allylic oxidation sites excluding steroid dienone is 1. The summed E-state index contributed by atoms with van der Waals surface area (Å²) in [6.07, 6.45) is 1.71. The molecule has 1 aliphatic heterocycles. The van der Waals surface area contributed by atoms with Crippen LogP contribution in [0.1, 0.15) is 50.4 Å². The van der Waals surface area contributed by atoms with Crippen LogP contribution >= 0.6 is 65.8 Å². The first kappa shape index (κ1) is 32.6. The van der Waals surface area contributed by atoms with Crippen LogP contribution in [0.15, 0.2) is 90.7 Å². The Hall–Kier alpha value is -2.74. The molecule has 0 spiro atoms. The number of halogens is 3. The lowest BCUT2D eigenvalue weighted by Gasteiger charge is -2.26. The van der Waals surface area contributed by atoms with Gasteiger partial charge in [0.1, 0.15) is 24.1 Å². The number of hydrogen-bond acceptors (Lipinski definition) is 7. The standard InChI is InChI=1S/C33H29Br2IN2O5S/c1-5-41-32(40)28-19(4)37-33-38(29(28)24-8-6-7-9-26(24)43-18(2)3)31(39)27(44-33)15-21-14-23(35)16-25(36)30(21)42-17-20-10-12-22(34)13-11-20/h6-16,18,29H,5,17H2,1-4H3/b27-15-/t29-/m1/s1. The number of rotatable bonds is 9. The molecule has 0 saturated heterocycles. The van der Waals surface area contributed by atoms with E-state index in [0.29, 0.717) is 44.3 Å². The van der Waals surface area contributed by atoms with Crippen molar-refractivity contribution in [2.24, 2.45) is 4.99 Å². The van der Waals surface area contributed by atoms with Crippen molar-refractivity contribution in [1.29, 1.82) is 0 Å². The number of hydrogen-bond donors (Lipinski definition) is 0. The normalized spacial score (nSPS) is 14.8. The summed E-state index contributed by atoms with van der Waals surface area (Å²) in [4.78, 5) is 32.8. The maximum absolute atomic E-state index is 14.3. The van der Waals surface area contributed by atoms with E-state index in [1.165, 1.54) is 11.3 Å². The maximum Gasteiger partial charge on any atom is 0.338 e. The van der Waals surface area contributed by atoms with Gasteiger partial charge in [0.25, 0.3) is 5.56 Å². The summed E-state index contributed by atoms with van der Waals surface area (Å²) in [5, 5.41) is 0. The highest BCUT2D eigenvalue weighted by Gasteiger charge is 2.35. The molecule has 228 valence electrons. The number of nitrogens with zero attached hydrogens (tertiary/aromatic N) is 2. The second-order valence-electron chi connectivity index (χ2n) is 10.2. The zero-order valence-electron chi connectivity index (χ0n) is 24.4. The van der Waals surface area contributed by atoms with Crippen molar-refractivity contribution in [2.75, 3.05) is 6.61 Å². The van der Waals surface area contributed by atoms with Gasteiger partial charge in [0.2, 0.25) is 0 Å². The zero-order valence-corrected chi connectivity index (χ0v) is 30.5. The summed E-state index contributed by atoms with van der Waals surface area (Å²) >= 11 is 10.6. The SMILES string of the molecule is CCOC(=O)C1=C(C)N=c2s/c(=C\c3cc(Br)cc(I)c3OCc3ccc(Br)cc3)c(=O)n2[C@@H]1c1ccccc1OC(C)C. The van der Waals surface area contributed by atoms with Crippen LogP contribution in [0.4, 0.5) is 0 Å². The third-order valence-corrected chi connectivity index (χ3v) is 9.48. The average molecular weight is 852 g/mol. The molecule has 0 amide bonds. The highest BCUT2D eigenvalue weighted by Crippen LogP contribution is 2.36. The Morgan fingerprint density at radius 2 is 1.84 bits per heavy atom. The fourth-order valence-corrected chi connectivity index (χ4v) is 7.88. The predicted molar refractivity (Wildman–Crippen MR) is 188 cm³/mol. The van der Waals surface area contributed by atoms with Crippen LogP contribution in [-0.4, -0.2) is 23.2 Å². The monoisotopic (exact) mass is 850 g/mol. The number of fused-ring (bicyclic) bond motifs is 1. The molecule has 1 aliphatic rings. The molecular weight excluding hydrogens is 823 g/mol. The molecule has 4 aromatic rings. The molecule has 5 rings (SSSR count). The van der Waals surface area contributed by atoms with Crippen LogP contribution in [0.3, 0.4) is 0 Å². The largest absolute Gasteiger partial charge is 0.491 e. The van der Waals surface area contributed by atoms with Crippen molar-refractivity contribution >= 4 is 77.8 Å². The number of esters is 1. The molecular formula is C33H29Br2IN2O5S. The summed E-state index contributed by atoms with van der Waals surface area (Å²) in [7, 11) is 0. The minimum Gasteiger partial charge on any atom is -0.491 e. The number of ether oxygens (including phenoxy) is 3. The molecule has 44 heavy (non-hydrogen) atoms. The van der Waals surface area contributed by atoms with Gasteiger partial charge >= 0.3 is 5.97 Å². The predicted octanol–water partition coefficient (Wildman–Crippen LogP) is 7.29. The Labute approximate surface area is 289 Å². The fraction of sp³-hybridized carbons (Fsp3) is 0.242. The lowest BCUT2D eigenvalue weighted by Crippen LogP contribution is -2.40. The Morgan fingerprint density at radius 3 is 2.55 bits per heavy atom. The van der Waals surface area contributed by atoms with Gasteiger partial charge in [-0.25, -0.2) is 9.79 Å². The summed E-state index contributed by atoms with van der Waals surface area (Å²) < 4.78 is 22.7. The van der Waals surface area contributed by atoms with E-state index < -0.39 is 12.0 Å². The van der Waals surface area contributed by atoms with Crippen LogP contribution in [0.2, 0.25) is 0 Å². The molecule has 0 unspecified atom stereocenters. The van der Waals surface area contributed by atoms with Gasteiger partial charge in [0.05, 0.1) is 32.1 Å². The Morgan fingerprint density at radius 1 is 1.11 bits per heavy atom. The van der Waals surface area contributed by atoms with Gasteiger partial charge in [0, 0.05) is 20.1 Å². The zero-order chi connectivity index (χ0) is 31.5. The van der Waals surface area contributed by atoms with Crippen molar-refractivity contribution in [3.05, 3.63) is 121 Å². The van der Waals surface area contributed by atoms with Crippen molar-refractivity contribution in [3.63, 3.8) is 0 Å². The van der Waals surface area contributed by atoms with Gasteiger partial charge in [-0.1, -0.05) is 73.5 Å². The van der Waals surface area contributed by atoms with E-state index in [4.69, 9.17) is 19.2 Å². The van der Waals surface area contributed by atoms with Gasteiger partial charge in [-0.05, 0) is 92.3 Å². The van der Waals surface area contributed by atoms with E-state index in [-0.39, 0.29) is 18.3 Å². The van der Waals surface area contributed by atoms with E-state index in [0.717, 1.165) is 23.6 Å². The molecule has 0 N–H and O–H groups in total. The molecule has 1 aromatic heterocycles. The number of para-hydroxylation sites is 1. The second-order valence-corrected chi connectivity index (χ2v) is 14.2. The Bertz CT molecular complexity index is 1930. The topological polar surface area (TPSA) is 79.1 Å². The van der Waals surface area contributed by atoms with Crippen LogP contribution in [0.5, 0.6) is 11.5 Å². The van der Waals surface area contributed by atoms with E-state index >= 15 is 0 Å². The minimum atomic E-state index is -0.779. The maximum atomic E-state index is 14.3. The van der Waals surface area contributed by atoms with Gasteiger partial charge in [-0.15, -0.1) is 0 Å². The molecule has 3 aromatic carbocycles. The average Bonchev–Trinajstić information content (AvgIpc) is 3.26. The molecule has 0 aliphatic carbocycles. The molecule has 1 atom stereocenters.